The third-order valence-electron chi connectivity index (χ3n) is 2.61. The van der Waals surface area contributed by atoms with Gasteiger partial charge in [-0.1, -0.05) is 22.0 Å². The lowest BCUT2D eigenvalue weighted by molar-refractivity contribution is -0.122. The summed E-state index contributed by atoms with van der Waals surface area (Å²) in [5.41, 5.74) is 1.50. The van der Waals surface area contributed by atoms with Gasteiger partial charge < -0.3 is 10.2 Å². The molecular formula is C14H19BrN2O2. The van der Waals surface area contributed by atoms with Crippen LogP contribution >= 0.6 is 15.9 Å². The first-order chi connectivity index (χ1) is 8.81. The van der Waals surface area contributed by atoms with E-state index in [1.54, 1.807) is 13.1 Å². The Morgan fingerprint density at radius 3 is 2.58 bits per heavy atom. The van der Waals surface area contributed by atoms with Crippen molar-refractivity contribution in [3.8, 4) is 0 Å². The van der Waals surface area contributed by atoms with Gasteiger partial charge in [0.25, 0.3) is 5.91 Å². The number of halogens is 1. The van der Waals surface area contributed by atoms with Crippen LogP contribution in [0.15, 0.2) is 22.7 Å². The van der Waals surface area contributed by atoms with Gasteiger partial charge in [0.2, 0.25) is 5.91 Å². The number of carbonyl (C=O) groups is 2. The lowest BCUT2D eigenvalue weighted by atomic mass is 10.1. The third-order valence-corrected chi connectivity index (χ3v) is 3.10. The van der Waals surface area contributed by atoms with Gasteiger partial charge in [0.15, 0.2) is 0 Å². The quantitative estimate of drug-likeness (QED) is 0.923. The molecular weight excluding hydrogens is 308 g/mol. The number of carbonyl (C=O) groups excluding carboxylic acids is 2. The number of amides is 2. The summed E-state index contributed by atoms with van der Waals surface area (Å²) >= 11 is 3.35. The fraction of sp³-hybridized carbons (Fsp3) is 0.429. The maximum atomic E-state index is 12.3. The van der Waals surface area contributed by atoms with Crippen LogP contribution in [-0.4, -0.2) is 36.3 Å². The van der Waals surface area contributed by atoms with Gasteiger partial charge in [-0.2, -0.15) is 0 Å². The highest BCUT2D eigenvalue weighted by molar-refractivity contribution is 9.10. The van der Waals surface area contributed by atoms with Crippen molar-refractivity contribution in [3.05, 3.63) is 33.8 Å². The molecule has 104 valence electrons. The highest BCUT2D eigenvalue weighted by Gasteiger charge is 2.17. The molecule has 19 heavy (non-hydrogen) atoms. The first-order valence-electron chi connectivity index (χ1n) is 6.12. The van der Waals surface area contributed by atoms with Crippen LogP contribution in [0.25, 0.3) is 0 Å². The summed E-state index contributed by atoms with van der Waals surface area (Å²) in [6.45, 7) is 5.71. The number of hydrogen-bond acceptors (Lipinski definition) is 2. The van der Waals surface area contributed by atoms with E-state index in [1.807, 2.05) is 32.9 Å². The number of rotatable bonds is 4. The molecule has 0 saturated heterocycles. The van der Waals surface area contributed by atoms with Crippen LogP contribution in [0.3, 0.4) is 0 Å². The second-order valence-electron chi connectivity index (χ2n) is 4.84. The summed E-state index contributed by atoms with van der Waals surface area (Å²) in [5, 5.41) is 2.76. The van der Waals surface area contributed by atoms with E-state index in [0.717, 1.165) is 10.0 Å². The maximum absolute atomic E-state index is 12.3. The zero-order valence-corrected chi connectivity index (χ0v) is 13.2. The van der Waals surface area contributed by atoms with Crippen molar-refractivity contribution in [1.82, 2.24) is 10.2 Å². The summed E-state index contributed by atoms with van der Waals surface area (Å²) < 4.78 is 0.849. The predicted molar refractivity (Wildman–Crippen MR) is 79.1 cm³/mol. The van der Waals surface area contributed by atoms with Gasteiger partial charge >= 0.3 is 0 Å². The Bertz CT molecular complexity index is 486. The van der Waals surface area contributed by atoms with E-state index in [2.05, 4.69) is 21.2 Å². The minimum Gasteiger partial charge on any atom is -0.352 e. The summed E-state index contributed by atoms with van der Waals surface area (Å²) in [6.07, 6.45) is 0. The van der Waals surface area contributed by atoms with Gasteiger partial charge in [-0.25, -0.2) is 0 Å². The smallest absolute Gasteiger partial charge is 0.254 e. The lowest BCUT2D eigenvalue weighted by Gasteiger charge is -2.19. The summed E-state index contributed by atoms with van der Waals surface area (Å²) in [7, 11) is 1.63. The molecule has 0 bridgehead atoms. The van der Waals surface area contributed by atoms with Crippen molar-refractivity contribution in [2.24, 2.45) is 0 Å². The van der Waals surface area contributed by atoms with Crippen LogP contribution in [0.5, 0.6) is 0 Å². The summed E-state index contributed by atoms with van der Waals surface area (Å²) in [6, 6.07) is 5.61. The molecule has 0 atom stereocenters. The molecule has 0 fully saturated rings. The lowest BCUT2D eigenvalue weighted by Crippen LogP contribution is -2.41. The van der Waals surface area contributed by atoms with Crippen LogP contribution in [0.4, 0.5) is 0 Å². The van der Waals surface area contributed by atoms with E-state index in [4.69, 9.17) is 0 Å². The van der Waals surface area contributed by atoms with E-state index < -0.39 is 0 Å². The monoisotopic (exact) mass is 326 g/mol. The molecule has 0 radical (unpaired) electrons. The Kier molecular flexibility index (Phi) is 5.54. The molecule has 0 aliphatic carbocycles. The third kappa shape index (κ3) is 4.67. The molecule has 0 heterocycles. The normalized spacial score (nSPS) is 10.4. The average Bonchev–Trinajstić information content (AvgIpc) is 2.30. The zero-order valence-electron chi connectivity index (χ0n) is 11.7. The molecule has 4 nitrogen and oxygen atoms in total. The minimum absolute atomic E-state index is 0.0585. The standard InChI is InChI=1S/C14H19BrN2O2/c1-9(2)16-13(18)8-17(4)14(19)12-7-11(15)6-5-10(12)3/h5-7,9H,8H2,1-4H3,(H,16,18). The first-order valence-corrected chi connectivity index (χ1v) is 6.91. The fourth-order valence-electron chi connectivity index (χ4n) is 1.69. The molecule has 0 aromatic heterocycles. The Balaban J connectivity index is 2.77. The Labute approximate surface area is 122 Å². The SMILES string of the molecule is Cc1ccc(Br)cc1C(=O)N(C)CC(=O)NC(C)C. The van der Waals surface area contributed by atoms with Crippen LogP contribution in [0.1, 0.15) is 29.8 Å². The molecule has 5 heteroatoms. The van der Waals surface area contributed by atoms with Crippen molar-refractivity contribution in [2.45, 2.75) is 26.8 Å². The molecule has 1 N–H and O–H groups in total. The van der Waals surface area contributed by atoms with Gasteiger partial charge in [0, 0.05) is 23.1 Å². The summed E-state index contributed by atoms with van der Waals surface area (Å²) in [4.78, 5) is 25.3. The maximum Gasteiger partial charge on any atom is 0.254 e. The van der Waals surface area contributed by atoms with Crippen LogP contribution in [0, 0.1) is 6.92 Å². The average molecular weight is 327 g/mol. The molecule has 0 spiro atoms. The Morgan fingerprint density at radius 2 is 2.00 bits per heavy atom. The van der Waals surface area contributed by atoms with Crippen LogP contribution in [0.2, 0.25) is 0 Å². The largest absolute Gasteiger partial charge is 0.352 e. The predicted octanol–water partition coefficient (Wildman–Crippen LogP) is 2.35. The first kappa shape index (κ1) is 15.7. The molecule has 1 aromatic carbocycles. The minimum atomic E-state index is -0.155. The molecule has 1 aromatic rings. The van der Waals surface area contributed by atoms with E-state index >= 15 is 0 Å². The molecule has 0 aliphatic rings. The number of likely N-dealkylation sites (N-methyl/N-ethyl adjacent to an activating group) is 1. The van der Waals surface area contributed by atoms with E-state index in [-0.39, 0.29) is 24.4 Å². The fourth-order valence-corrected chi connectivity index (χ4v) is 2.05. The zero-order chi connectivity index (χ0) is 14.6. The topological polar surface area (TPSA) is 49.4 Å². The van der Waals surface area contributed by atoms with Gasteiger partial charge in [-0.15, -0.1) is 0 Å². The molecule has 1 rings (SSSR count). The van der Waals surface area contributed by atoms with Crippen molar-refractivity contribution in [3.63, 3.8) is 0 Å². The van der Waals surface area contributed by atoms with E-state index in [9.17, 15) is 9.59 Å². The second-order valence-corrected chi connectivity index (χ2v) is 5.76. The van der Waals surface area contributed by atoms with Crippen LogP contribution in [-0.2, 0) is 4.79 Å². The number of aryl methyl sites for hydroxylation is 1. The number of nitrogens with zero attached hydrogens (tertiary/aromatic N) is 1. The molecule has 2 amide bonds. The molecule has 0 unspecified atom stereocenters. The highest BCUT2D eigenvalue weighted by atomic mass is 79.9. The number of nitrogens with one attached hydrogen (secondary N) is 1. The van der Waals surface area contributed by atoms with Crippen molar-refractivity contribution >= 4 is 27.7 Å². The van der Waals surface area contributed by atoms with E-state index in [0.29, 0.717) is 5.56 Å². The van der Waals surface area contributed by atoms with Gasteiger partial charge in [-0.3, -0.25) is 9.59 Å². The van der Waals surface area contributed by atoms with Gasteiger partial charge in [0.05, 0.1) is 6.54 Å². The van der Waals surface area contributed by atoms with Gasteiger partial charge in [0.1, 0.15) is 0 Å². The van der Waals surface area contributed by atoms with Crippen LogP contribution < -0.4 is 5.32 Å². The van der Waals surface area contributed by atoms with Crippen molar-refractivity contribution in [1.29, 1.82) is 0 Å². The molecule has 0 saturated carbocycles. The van der Waals surface area contributed by atoms with E-state index in [1.165, 1.54) is 4.90 Å². The Morgan fingerprint density at radius 1 is 1.37 bits per heavy atom. The molecule has 0 aliphatic heterocycles. The van der Waals surface area contributed by atoms with Gasteiger partial charge in [-0.05, 0) is 38.5 Å². The second kappa shape index (κ2) is 6.70. The number of benzene rings is 1. The van der Waals surface area contributed by atoms with Crippen molar-refractivity contribution in [2.75, 3.05) is 13.6 Å². The summed E-state index contributed by atoms with van der Waals surface area (Å²) in [5.74, 6) is -0.309. The highest BCUT2D eigenvalue weighted by Crippen LogP contribution is 2.17. The van der Waals surface area contributed by atoms with Crippen molar-refractivity contribution < 1.29 is 9.59 Å². The number of hydrogen-bond donors (Lipinski definition) is 1. The Hall–Kier alpha value is -1.36.